The number of rotatable bonds is 8. The van der Waals surface area contributed by atoms with E-state index in [1.165, 1.54) is 19.4 Å². The number of nitrogens with two attached hydrogens (primary N) is 1. The van der Waals surface area contributed by atoms with E-state index in [1.807, 2.05) is 7.05 Å². The van der Waals surface area contributed by atoms with E-state index in [1.54, 1.807) is 0 Å². The summed E-state index contributed by atoms with van der Waals surface area (Å²) in [6.07, 6.45) is 7.04. The fourth-order valence-corrected chi connectivity index (χ4v) is 3.63. The normalized spacial score (nSPS) is 31.0. The fraction of sp³-hybridized carbons (Fsp3) is 0.933. The molecule has 0 radical (unpaired) electrons. The topological polar surface area (TPSA) is 58.4 Å². The zero-order chi connectivity index (χ0) is 13.9. The van der Waals surface area contributed by atoms with Crippen LogP contribution in [0.1, 0.15) is 45.4 Å². The molecule has 110 valence electrons. The molecule has 19 heavy (non-hydrogen) atoms. The van der Waals surface area contributed by atoms with Crippen LogP contribution in [0.15, 0.2) is 0 Å². The summed E-state index contributed by atoms with van der Waals surface area (Å²) in [6.45, 7) is 5.70. The molecule has 0 aromatic carbocycles. The summed E-state index contributed by atoms with van der Waals surface area (Å²) in [5, 5.41) is 3.23. The highest BCUT2D eigenvalue weighted by Crippen LogP contribution is 2.38. The van der Waals surface area contributed by atoms with Gasteiger partial charge in [0.1, 0.15) is 5.54 Å². The van der Waals surface area contributed by atoms with Gasteiger partial charge in [-0.1, -0.05) is 13.3 Å². The van der Waals surface area contributed by atoms with Crippen molar-refractivity contribution in [2.75, 3.05) is 26.7 Å². The van der Waals surface area contributed by atoms with Crippen LogP contribution in [0.5, 0.6) is 0 Å². The molecule has 0 heterocycles. The maximum Gasteiger partial charge on any atom is 0.238 e. The number of amides is 1. The average molecular weight is 267 g/mol. The lowest BCUT2D eigenvalue weighted by molar-refractivity contribution is -0.125. The molecule has 0 aliphatic heterocycles. The van der Waals surface area contributed by atoms with Gasteiger partial charge in [-0.15, -0.1) is 0 Å². The number of hydrogen-bond donors (Lipinski definition) is 2. The van der Waals surface area contributed by atoms with Gasteiger partial charge in [0.25, 0.3) is 0 Å². The Bertz CT molecular complexity index is 317. The second-order valence-corrected chi connectivity index (χ2v) is 6.30. The van der Waals surface area contributed by atoms with Crippen molar-refractivity contribution in [3.05, 3.63) is 0 Å². The summed E-state index contributed by atoms with van der Waals surface area (Å²) >= 11 is 0. The SMILES string of the molecule is CCN(CCC1CCCC1(NC)C(N)=O)CC1CC1. The molecule has 4 heteroatoms. The Labute approximate surface area is 117 Å². The summed E-state index contributed by atoms with van der Waals surface area (Å²) in [7, 11) is 1.88. The van der Waals surface area contributed by atoms with Gasteiger partial charge in [-0.3, -0.25) is 4.79 Å². The summed E-state index contributed by atoms with van der Waals surface area (Å²) in [5.74, 6) is 1.18. The van der Waals surface area contributed by atoms with Gasteiger partial charge in [0.15, 0.2) is 0 Å². The first kappa shape index (κ1) is 14.8. The summed E-state index contributed by atoms with van der Waals surface area (Å²) in [4.78, 5) is 14.4. The number of nitrogens with zero attached hydrogens (tertiary/aromatic N) is 1. The summed E-state index contributed by atoms with van der Waals surface area (Å²) < 4.78 is 0. The molecule has 2 aliphatic rings. The lowest BCUT2D eigenvalue weighted by Gasteiger charge is -2.33. The van der Waals surface area contributed by atoms with Crippen molar-refractivity contribution in [2.45, 2.75) is 51.0 Å². The Kier molecular flexibility index (Phi) is 4.85. The van der Waals surface area contributed by atoms with Crippen molar-refractivity contribution < 1.29 is 4.79 Å². The van der Waals surface area contributed by atoms with Crippen LogP contribution in [0.4, 0.5) is 0 Å². The van der Waals surface area contributed by atoms with Crippen molar-refractivity contribution in [1.82, 2.24) is 10.2 Å². The monoisotopic (exact) mass is 267 g/mol. The lowest BCUT2D eigenvalue weighted by atomic mass is 9.84. The van der Waals surface area contributed by atoms with E-state index < -0.39 is 5.54 Å². The molecule has 2 rings (SSSR count). The Morgan fingerprint density at radius 1 is 1.42 bits per heavy atom. The third-order valence-corrected chi connectivity index (χ3v) is 5.16. The average Bonchev–Trinajstić information content (AvgIpc) is 3.11. The molecule has 2 unspecified atom stereocenters. The van der Waals surface area contributed by atoms with E-state index in [9.17, 15) is 4.79 Å². The van der Waals surface area contributed by atoms with Crippen LogP contribution >= 0.6 is 0 Å². The predicted molar refractivity (Wildman–Crippen MR) is 77.8 cm³/mol. The Morgan fingerprint density at radius 3 is 2.68 bits per heavy atom. The van der Waals surface area contributed by atoms with Crippen molar-refractivity contribution in [1.29, 1.82) is 0 Å². The molecule has 3 N–H and O–H groups in total. The Hall–Kier alpha value is -0.610. The quantitative estimate of drug-likeness (QED) is 0.698. The van der Waals surface area contributed by atoms with Gasteiger partial charge < -0.3 is 16.0 Å². The molecule has 2 saturated carbocycles. The zero-order valence-corrected chi connectivity index (χ0v) is 12.5. The van der Waals surface area contributed by atoms with Crippen molar-refractivity contribution in [2.24, 2.45) is 17.6 Å². The highest BCUT2D eigenvalue weighted by molar-refractivity contribution is 5.85. The van der Waals surface area contributed by atoms with Gasteiger partial charge in [0.2, 0.25) is 5.91 Å². The molecule has 2 fully saturated rings. The van der Waals surface area contributed by atoms with Gasteiger partial charge in [-0.25, -0.2) is 0 Å². The van der Waals surface area contributed by atoms with Crippen LogP contribution in [-0.4, -0.2) is 43.0 Å². The number of hydrogen-bond acceptors (Lipinski definition) is 3. The first-order valence-corrected chi connectivity index (χ1v) is 7.83. The maximum absolute atomic E-state index is 11.8. The number of primary amides is 1. The standard InChI is InChI=1S/C15H29N3O/c1-3-18(11-12-6-7-12)10-8-13-5-4-9-15(13,17-2)14(16)19/h12-13,17H,3-11H2,1-2H3,(H2,16,19). The molecule has 4 nitrogen and oxygen atoms in total. The Balaban J connectivity index is 1.87. The Morgan fingerprint density at radius 2 is 2.16 bits per heavy atom. The molecule has 2 atom stereocenters. The van der Waals surface area contributed by atoms with E-state index in [0.717, 1.165) is 44.7 Å². The molecule has 1 amide bonds. The third kappa shape index (κ3) is 3.29. The van der Waals surface area contributed by atoms with Gasteiger partial charge in [0, 0.05) is 6.54 Å². The van der Waals surface area contributed by atoms with Crippen LogP contribution in [0, 0.1) is 11.8 Å². The maximum atomic E-state index is 11.8. The summed E-state index contributed by atoms with van der Waals surface area (Å²) in [6, 6.07) is 0. The van der Waals surface area contributed by atoms with E-state index in [-0.39, 0.29) is 5.91 Å². The van der Waals surface area contributed by atoms with Crippen molar-refractivity contribution in [3.8, 4) is 0 Å². The fourth-order valence-electron chi connectivity index (χ4n) is 3.63. The second-order valence-electron chi connectivity index (χ2n) is 6.30. The van der Waals surface area contributed by atoms with E-state index in [2.05, 4.69) is 17.1 Å². The third-order valence-electron chi connectivity index (χ3n) is 5.16. The van der Waals surface area contributed by atoms with E-state index in [0.29, 0.717) is 5.92 Å². The van der Waals surface area contributed by atoms with Crippen molar-refractivity contribution in [3.63, 3.8) is 0 Å². The minimum Gasteiger partial charge on any atom is -0.368 e. The number of carbonyl (C=O) groups is 1. The molecule has 2 aliphatic carbocycles. The van der Waals surface area contributed by atoms with Crippen molar-refractivity contribution >= 4 is 5.91 Å². The van der Waals surface area contributed by atoms with E-state index in [4.69, 9.17) is 5.73 Å². The van der Waals surface area contributed by atoms with Crippen LogP contribution in [-0.2, 0) is 4.79 Å². The molecule has 0 spiro atoms. The van der Waals surface area contributed by atoms with Crippen LogP contribution in [0.2, 0.25) is 0 Å². The zero-order valence-electron chi connectivity index (χ0n) is 12.5. The molecule has 0 aromatic rings. The molecular formula is C15H29N3O. The molecule has 0 bridgehead atoms. The van der Waals surface area contributed by atoms with Crippen LogP contribution in [0.3, 0.4) is 0 Å². The minimum absolute atomic E-state index is 0.164. The first-order chi connectivity index (χ1) is 9.12. The molecular weight excluding hydrogens is 238 g/mol. The van der Waals surface area contributed by atoms with Crippen LogP contribution in [0.25, 0.3) is 0 Å². The van der Waals surface area contributed by atoms with Gasteiger partial charge >= 0.3 is 0 Å². The summed E-state index contributed by atoms with van der Waals surface area (Å²) in [5.41, 5.74) is 5.20. The lowest BCUT2D eigenvalue weighted by Crippen LogP contribution is -2.56. The largest absolute Gasteiger partial charge is 0.368 e. The highest BCUT2D eigenvalue weighted by Gasteiger charge is 2.46. The van der Waals surface area contributed by atoms with Crippen LogP contribution < -0.4 is 11.1 Å². The van der Waals surface area contributed by atoms with E-state index >= 15 is 0 Å². The smallest absolute Gasteiger partial charge is 0.238 e. The second kappa shape index (κ2) is 6.23. The molecule has 0 saturated heterocycles. The first-order valence-electron chi connectivity index (χ1n) is 7.83. The predicted octanol–water partition coefficient (Wildman–Crippen LogP) is 1.35. The minimum atomic E-state index is -0.445. The number of likely N-dealkylation sites (N-methyl/N-ethyl adjacent to an activating group) is 1. The van der Waals surface area contributed by atoms with Gasteiger partial charge in [-0.2, -0.15) is 0 Å². The molecule has 0 aromatic heterocycles. The van der Waals surface area contributed by atoms with Gasteiger partial charge in [-0.05, 0) is 64.1 Å². The number of nitrogens with one attached hydrogen (secondary N) is 1. The van der Waals surface area contributed by atoms with Gasteiger partial charge in [0.05, 0.1) is 0 Å². The number of carbonyl (C=O) groups excluding carboxylic acids is 1. The highest BCUT2D eigenvalue weighted by atomic mass is 16.1.